The van der Waals surface area contributed by atoms with Gasteiger partial charge in [-0.2, -0.15) is 35.9 Å². The van der Waals surface area contributed by atoms with Crippen LogP contribution in [0.5, 0.6) is 0 Å². The zero-order valence-electron chi connectivity index (χ0n) is 7.20. The normalized spacial score (nSPS) is 7.75. The molecule has 0 heterocycles. The van der Waals surface area contributed by atoms with Gasteiger partial charge in [-0.1, -0.05) is 6.92 Å². The molecule has 2 aromatic carbocycles. The molecule has 0 unspecified atom stereocenters. The number of hydrogen-bond acceptors (Lipinski definition) is 0. The van der Waals surface area contributed by atoms with Gasteiger partial charge in [-0.05, 0) is 0 Å². The number of rotatable bonds is 0. The first kappa shape index (κ1) is 11.4. The van der Waals surface area contributed by atoms with E-state index in [1.807, 2.05) is 42.5 Å². The summed E-state index contributed by atoms with van der Waals surface area (Å²) in [6.07, 6.45) is 0. The molecule has 0 aliphatic carbocycles. The minimum atomic E-state index is 0. The Kier molecular flexibility index (Phi) is 6.74. The summed E-state index contributed by atoms with van der Waals surface area (Å²) in [4.78, 5) is 0. The standard InChI is InChI=1S/C6H7.C5H5.Ti/c1-6-4-2-3-5-6;1-2-4-5-3-1;/h2-5H,1H3;1-5H;/q2*-1;+2. The summed E-state index contributed by atoms with van der Waals surface area (Å²) in [6.45, 7) is 2.08. The summed E-state index contributed by atoms with van der Waals surface area (Å²) in [6, 6.07) is 18.2. The van der Waals surface area contributed by atoms with Gasteiger partial charge < -0.3 is 0 Å². The van der Waals surface area contributed by atoms with Crippen LogP contribution in [0.15, 0.2) is 54.6 Å². The Morgan fingerprint density at radius 2 is 1.42 bits per heavy atom. The Bertz CT molecular complexity index is 223. The molecule has 0 aliphatic heterocycles. The molecule has 0 fully saturated rings. The Morgan fingerprint density at radius 1 is 0.917 bits per heavy atom. The van der Waals surface area contributed by atoms with E-state index >= 15 is 0 Å². The van der Waals surface area contributed by atoms with E-state index in [1.54, 1.807) is 0 Å². The molecule has 2 rings (SSSR count). The van der Waals surface area contributed by atoms with E-state index in [2.05, 4.69) is 19.1 Å². The zero-order chi connectivity index (χ0) is 7.94. The predicted molar refractivity (Wildman–Crippen MR) is 48.8 cm³/mol. The van der Waals surface area contributed by atoms with Gasteiger partial charge in [0.1, 0.15) is 0 Å². The van der Waals surface area contributed by atoms with E-state index in [4.69, 9.17) is 0 Å². The van der Waals surface area contributed by atoms with Crippen molar-refractivity contribution in [2.24, 2.45) is 0 Å². The van der Waals surface area contributed by atoms with Gasteiger partial charge in [0.05, 0.1) is 0 Å². The van der Waals surface area contributed by atoms with Crippen molar-refractivity contribution in [1.29, 1.82) is 0 Å². The third-order valence-corrected chi connectivity index (χ3v) is 1.38. The van der Waals surface area contributed by atoms with Gasteiger partial charge in [-0.25, -0.2) is 24.3 Å². The predicted octanol–water partition coefficient (Wildman–Crippen LogP) is 3.12. The first-order valence-electron chi connectivity index (χ1n) is 3.74. The largest absolute Gasteiger partial charge is 2.00 e. The average molecular weight is 192 g/mol. The monoisotopic (exact) mass is 192 g/mol. The van der Waals surface area contributed by atoms with Crippen LogP contribution < -0.4 is 0 Å². The molecule has 0 atom stereocenters. The summed E-state index contributed by atoms with van der Waals surface area (Å²) in [7, 11) is 0. The van der Waals surface area contributed by atoms with Crippen LogP contribution in [0.3, 0.4) is 0 Å². The molecule has 0 radical (unpaired) electrons. The van der Waals surface area contributed by atoms with Gasteiger partial charge in [-0.15, -0.1) is 0 Å². The molecule has 0 saturated carbocycles. The summed E-state index contributed by atoms with van der Waals surface area (Å²) < 4.78 is 0. The second-order valence-corrected chi connectivity index (χ2v) is 2.42. The van der Waals surface area contributed by atoms with Crippen LogP contribution in [0, 0.1) is 6.92 Å². The van der Waals surface area contributed by atoms with Crippen LogP contribution in [0.4, 0.5) is 0 Å². The Morgan fingerprint density at radius 3 is 1.58 bits per heavy atom. The second-order valence-electron chi connectivity index (χ2n) is 2.42. The first-order valence-corrected chi connectivity index (χ1v) is 3.74. The molecule has 12 heavy (non-hydrogen) atoms. The molecule has 2 aromatic rings. The quantitative estimate of drug-likeness (QED) is 0.444. The van der Waals surface area contributed by atoms with Gasteiger partial charge in [0, 0.05) is 0 Å². The van der Waals surface area contributed by atoms with Crippen LogP contribution >= 0.6 is 0 Å². The molecule has 0 nitrogen and oxygen atoms in total. The number of aryl methyl sites for hydroxylation is 1. The summed E-state index contributed by atoms with van der Waals surface area (Å²) in [5.41, 5.74) is 1.34. The van der Waals surface area contributed by atoms with Crippen molar-refractivity contribution in [1.82, 2.24) is 0 Å². The van der Waals surface area contributed by atoms with E-state index in [0.717, 1.165) is 0 Å². The Balaban J connectivity index is 0.000000189. The number of hydrogen-bond donors (Lipinski definition) is 0. The fourth-order valence-corrected chi connectivity index (χ4v) is 0.791. The zero-order valence-corrected chi connectivity index (χ0v) is 8.76. The second kappa shape index (κ2) is 7.08. The van der Waals surface area contributed by atoms with E-state index < -0.39 is 0 Å². The van der Waals surface area contributed by atoms with Gasteiger partial charge >= 0.3 is 21.7 Å². The molecule has 0 amide bonds. The third kappa shape index (κ3) is 5.12. The molecule has 0 saturated heterocycles. The van der Waals surface area contributed by atoms with Gasteiger partial charge in [0.2, 0.25) is 0 Å². The molecular weight excluding hydrogens is 180 g/mol. The molecule has 0 aromatic heterocycles. The van der Waals surface area contributed by atoms with Crippen molar-refractivity contribution < 1.29 is 21.7 Å². The maximum Gasteiger partial charge on any atom is 2.00 e. The van der Waals surface area contributed by atoms with E-state index in [1.165, 1.54) is 5.56 Å². The Hall–Kier alpha value is -0.586. The summed E-state index contributed by atoms with van der Waals surface area (Å²) in [5, 5.41) is 0. The van der Waals surface area contributed by atoms with Crippen LogP contribution in [-0.4, -0.2) is 0 Å². The van der Waals surface area contributed by atoms with Crippen LogP contribution in [0.2, 0.25) is 0 Å². The van der Waals surface area contributed by atoms with Crippen molar-refractivity contribution in [2.75, 3.05) is 0 Å². The van der Waals surface area contributed by atoms with Crippen molar-refractivity contribution >= 4 is 0 Å². The summed E-state index contributed by atoms with van der Waals surface area (Å²) >= 11 is 0. The maximum absolute atomic E-state index is 2.08. The molecule has 1 heteroatoms. The Labute approximate surface area is 88.8 Å². The van der Waals surface area contributed by atoms with Gasteiger partial charge in [0.25, 0.3) is 0 Å². The fourth-order valence-electron chi connectivity index (χ4n) is 0.791. The van der Waals surface area contributed by atoms with Crippen molar-refractivity contribution in [3.63, 3.8) is 0 Å². The minimum absolute atomic E-state index is 0. The maximum atomic E-state index is 2.08. The van der Waals surface area contributed by atoms with Crippen LogP contribution in [-0.2, 0) is 21.7 Å². The van der Waals surface area contributed by atoms with Gasteiger partial charge in [-0.3, -0.25) is 0 Å². The smallest absolute Gasteiger partial charge is 0.214 e. The first-order chi connectivity index (χ1) is 5.39. The topological polar surface area (TPSA) is 0 Å². The molecule has 0 bridgehead atoms. The van der Waals surface area contributed by atoms with Crippen molar-refractivity contribution in [3.05, 3.63) is 60.2 Å². The average Bonchev–Trinajstić information content (AvgIpc) is 2.57. The minimum Gasteiger partial charge on any atom is -0.214 e. The van der Waals surface area contributed by atoms with Crippen molar-refractivity contribution in [3.8, 4) is 0 Å². The van der Waals surface area contributed by atoms with Crippen molar-refractivity contribution in [2.45, 2.75) is 6.92 Å². The molecule has 0 N–H and O–H groups in total. The molecule has 60 valence electrons. The van der Waals surface area contributed by atoms with Gasteiger partial charge in [0.15, 0.2) is 0 Å². The van der Waals surface area contributed by atoms with E-state index in [9.17, 15) is 0 Å². The molecular formula is C11H12Ti. The van der Waals surface area contributed by atoms with E-state index in [-0.39, 0.29) is 21.7 Å². The van der Waals surface area contributed by atoms with Crippen LogP contribution in [0.25, 0.3) is 0 Å². The fraction of sp³-hybridized carbons (Fsp3) is 0.0909. The molecule has 0 spiro atoms. The SMILES string of the molecule is C[c-]1cccc1.[Ti+2].c1cc[cH-]c1. The van der Waals surface area contributed by atoms with Crippen LogP contribution in [0.1, 0.15) is 5.56 Å². The van der Waals surface area contributed by atoms with E-state index in [0.29, 0.717) is 0 Å². The molecule has 0 aliphatic rings. The summed E-state index contributed by atoms with van der Waals surface area (Å²) in [5.74, 6) is 0. The third-order valence-electron chi connectivity index (χ3n) is 1.38.